The largest absolute Gasteiger partial charge is 0.456 e. The van der Waals surface area contributed by atoms with Gasteiger partial charge in [0, 0.05) is 40.0 Å². The van der Waals surface area contributed by atoms with Crippen molar-refractivity contribution in [2.75, 3.05) is 40.9 Å². The van der Waals surface area contributed by atoms with Crippen molar-refractivity contribution in [3.63, 3.8) is 0 Å². The molecule has 0 unspecified atom stereocenters. The molecule has 16 heteroatoms. The van der Waals surface area contributed by atoms with Crippen LogP contribution < -0.4 is 5.32 Å². The average molecular weight is 898 g/mol. The molecule has 64 heavy (non-hydrogen) atoms. The summed E-state index contributed by atoms with van der Waals surface area (Å²) >= 11 is 0. The van der Waals surface area contributed by atoms with Gasteiger partial charge in [0.1, 0.15) is 18.0 Å². The van der Waals surface area contributed by atoms with Crippen molar-refractivity contribution in [2.24, 2.45) is 11.8 Å². The highest BCUT2D eigenvalue weighted by Gasteiger charge is 2.51. The molecular weight excluding hydrogens is 827 g/mol. The number of esters is 2. The Bertz CT molecular complexity index is 1890. The number of methoxy groups -OCH3 is 1. The van der Waals surface area contributed by atoms with Gasteiger partial charge in [-0.1, -0.05) is 62.4 Å². The Morgan fingerprint density at radius 1 is 0.984 bits per heavy atom. The maximum atomic E-state index is 13.9. The van der Waals surface area contributed by atoms with Crippen LogP contribution >= 0.6 is 0 Å². The number of aliphatic hydroxyl groups is 1. The molecule has 0 saturated carbocycles. The highest BCUT2D eigenvalue weighted by molar-refractivity contribution is 5.90. The van der Waals surface area contributed by atoms with Gasteiger partial charge in [-0.25, -0.2) is 19.2 Å². The van der Waals surface area contributed by atoms with E-state index in [-0.39, 0.29) is 49.8 Å². The fraction of sp³-hybridized carbons (Fsp3) is 0.625. The second-order valence-electron chi connectivity index (χ2n) is 18.8. The highest BCUT2D eigenvalue weighted by atomic mass is 16.7. The first kappa shape index (κ1) is 51.9. The van der Waals surface area contributed by atoms with Gasteiger partial charge < -0.3 is 58.1 Å². The number of likely N-dealkylation sites (N-methyl/N-ethyl adjacent to an activating group) is 1. The molecule has 1 fully saturated rings. The number of nitrogens with one attached hydrogen (secondary N) is 1. The minimum Gasteiger partial charge on any atom is -0.456 e. The molecule has 0 spiro atoms. The molecule has 2 aliphatic heterocycles. The van der Waals surface area contributed by atoms with Crippen LogP contribution in [0.1, 0.15) is 98.0 Å². The Balaban J connectivity index is 1.70. The molecule has 0 radical (unpaired) electrons. The molecule has 0 aliphatic carbocycles. The zero-order valence-corrected chi connectivity index (χ0v) is 39.9. The number of alkyl carbamates (subject to hydrolysis) is 1. The number of nitrogens with zero attached hydrogens (tertiary/aromatic N) is 2. The third-order valence-electron chi connectivity index (χ3n) is 11.3. The zero-order valence-electron chi connectivity index (χ0n) is 39.9. The number of benzene rings is 2. The van der Waals surface area contributed by atoms with Crippen molar-refractivity contribution in [3.05, 3.63) is 83.1 Å². The third-order valence-corrected chi connectivity index (χ3v) is 11.3. The number of hydrogen-bond donors (Lipinski definition) is 2. The highest BCUT2D eigenvalue weighted by Crippen LogP contribution is 2.41. The number of carbonyl (C=O) groups is 4. The Morgan fingerprint density at radius 3 is 2.19 bits per heavy atom. The summed E-state index contributed by atoms with van der Waals surface area (Å²) < 4.78 is 49.4. The quantitative estimate of drug-likeness (QED) is 0.111. The van der Waals surface area contributed by atoms with Gasteiger partial charge in [-0.15, -0.1) is 0 Å². The topological polar surface area (TPSA) is 181 Å². The number of carbonyl (C=O) groups excluding carboxylic acids is 4. The fourth-order valence-corrected chi connectivity index (χ4v) is 8.15. The number of aliphatic hydroxyl groups excluding tert-OH is 1. The molecule has 2 aliphatic rings. The van der Waals surface area contributed by atoms with Crippen molar-refractivity contribution < 1.29 is 62.2 Å². The standard InChI is InChI=1S/C48H71N3O13/c1-30(27-51(45(56)64-46(5,6)7)36(28-52)26-49-44(55)58-29-34-20-16-14-17-21-34)25-48(10,57-13)40(32(3)38-33(4)41(53)63-47(8,9)62-38)61-43-39(37(50(11)12)24-31(2)59-43)60-42(54)35-22-18-15-19-23-35/h14-23,30-32,36-37,39-40,43,52H,24-29H2,1-13H3,(H,49,55)/t30-,31-,32+,36+,37+,39-,40-,43+,48-/m1/s1. The van der Waals surface area contributed by atoms with Crippen molar-refractivity contribution in [1.29, 1.82) is 0 Å². The lowest BCUT2D eigenvalue weighted by Crippen LogP contribution is -2.60. The maximum Gasteiger partial charge on any atom is 0.410 e. The van der Waals surface area contributed by atoms with Crippen LogP contribution in [0.4, 0.5) is 9.59 Å². The Morgan fingerprint density at radius 2 is 1.61 bits per heavy atom. The van der Waals surface area contributed by atoms with E-state index >= 15 is 0 Å². The van der Waals surface area contributed by atoms with Crippen molar-refractivity contribution >= 4 is 24.1 Å². The van der Waals surface area contributed by atoms with Gasteiger partial charge in [0.25, 0.3) is 0 Å². The summed E-state index contributed by atoms with van der Waals surface area (Å²) in [5, 5.41) is 13.4. The van der Waals surface area contributed by atoms with Gasteiger partial charge in [0.2, 0.25) is 5.79 Å². The van der Waals surface area contributed by atoms with Crippen LogP contribution in [0.3, 0.4) is 0 Å². The van der Waals surface area contributed by atoms with Crippen LogP contribution in [-0.4, -0.2) is 134 Å². The number of cyclic esters (lactones) is 1. The van der Waals surface area contributed by atoms with Gasteiger partial charge in [0.05, 0.1) is 47.6 Å². The van der Waals surface area contributed by atoms with Gasteiger partial charge in [0.15, 0.2) is 12.4 Å². The molecule has 0 aromatic heterocycles. The van der Waals surface area contributed by atoms with Crippen LogP contribution in [0.15, 0.2) is 72.0 Å². The van der Waals surface area contributed by atoms with E-state index in [1.54, 1.807) is 72.9 Å². The summed E-state index contributed by atoms with van der Waals surface area (Å²) in [6.45, 7) is 17.2. The minimum atomic E-state index is -1.30. The Labute approximate surface area is 378 Å². The van der Waals surface area contributed by atoms with E-state index < -0.39 is 78.2 Å². The molecule has 9 atom stereocenters. The molecule has 2 amide bonds. The molecule has 0 bridgehead atoms. The summed E-state index contributed by atoms with van der Waals surface area (Å²) in [6, 6.07) is 16.7. The van der Waals surface area contributed by atoms with Crippen molar-refractivity contribution in [1.82, 2.24) is 15.1 Å². The lowest BCUT2D eigenvalue weighted by Gasteiger charge is -2.48. The molecule has 16 nitrogen and oxygen atoms in total. The molecule has 2 aromatic carbocycles. The van der Waals surface area contributed by atoms with E-state index in [1.807, 2.05) is 83.1 Å². The van der Waals surface area contributed by atoms with Gasteiger partial charge in [-0.05, 0) is 92.1 Å². The predicted molar refractivity (Wildman–Crippen MR) is 238 cm³/mol. The van der Waals surface area contributed by atoms with Gasteiger partial charge in [-0.3, -0.25) is 0 Å². The summed E-state index contributed by atoms with van der Waals surface area (Å²) in [6.07, 6.45) is -3.92. The first-order chi connectivity index (χ1) is 30.0. The number of amides is 2. The lowest BCUT2D eigenvalue weighted by atomic mass is 9.80. The second-order valence-corrected chi connectivity index (χ2v) is 18.8. The monoisotopic (exact) mass is 897 g/mol. The molecule has 356 valence electrons. The van der Waals surface area contributed by atoms with E-state index in [9.17, 15) is 24.3 Å². The van der Waals surface area contributed by atoms with E-state index in [2.05, 4.69) is 5.32 Å². The average Bonchev–Trinajstić information content (AvgIpc) is 3.23. The zero-order chi connectivity index (χ0) is 47.6. The fourth-order valence-electron chi connectivity index (χ4n) is 8.15. The van der Waals surface area contributed by atoms with Crippen molar-refractivity contribution in [2.45, 2.75) is 142 Å². The van der Waals surface area contributed by atoms with Gasteiger partial charge in [-0.2, -0.15) is 0 Å². The normalized spacial score (nSPS) is 22.8. The van der Waals surface area contributed by atoms with Crippen molar-refractivity contribution in [3.8, 4) is 0 Å². The Hall–Kier alpha value is -4.74. The van der Waals surface area contributed by atoms with Crippen LogP contribution in [0, 0.1) is 11.8 Å². The van der Waals surface area contributed by atoms with Crippen LogP contribution in [0.2, 0.25) is 0 Å². The number of ether oxygens (including phenoxy) is 8. The number of hydrogen-bond acceptors (Lipinski definition) is 14. The van der Waals surface area contributed by atoms with Crippen LogP contribution in [0.25, 0.3) is 0 Å². The van der Waals surface area contributed by atoms with Crippen LogP contribution in [-0.2, 0) is 49.3 Å². The second kappa shape index (κ2) is 22.4. The molecule has 4 rings (SSSR count). The first-order valence-corrected chi connectivity index (χ1v) is 21.9. The summed E-state index contributed by atoms with van der Waals surface area (Å²) in [4.78, 5) is 57.0. The molecule has 1 saturated heterocycles. The molecule has 2 heterocycles. The third kappa shape index (κ3) is 14.4. The Kier molecular flexibility index (Phi) is 18.2. The smallest absolute Gasteiger partial charge is 0.410 e. The van der Waals surface area contributed by atoms with E-state index in [0.29, 0.717) is 17.7 Å². The molecule has 2 aromatic rings. The summed E-state index contributed by atoms with van der Waals surface area (Å²) in [7, 11) is 5.35. The summed E-state index contributed by atoms with van der Waals surface area (Å²) in [5.74, 6) is -3.13. The summed E-state index contributed by atoms with van der Waals surface area (Å²) in [5.41, 5.74) is -0.682. The molecular formula is C48H71N3O13. The van der Waals surface area contributed by atoms with E-state index in [4.69, 9.17) is 37.9 Å². The lowest BCUT2D eigenvalue weighted by molar-refractivity contribution is -0.298. The minimum absolute atomic E-state index is 0.0392. The first-order valence-electron chi connectivity index (χ1n) is 21.9. The predicted octanol–water partition coefficient (Wildman–Crippen LogP) is 6.84. The number of rotatable bonds is 19. The van der Waals surface area contributed by atoms with E-state index in [0.717, 1.165) is 5.56 Å². The van der Waals surface area contributed by atoms with Gasteiger partial charge >= 0.3 is 24.1 Å². The SMILES string of the molecule is CO[C@](C)(C[C@@H](C)CN(C(=O)OC(C)(C)C)[C@H](CO)CNC(=O)OCc1ccccc1)[C@H](O[C@@H]1O[C@H](C)C[C@H](N(C)C)[C@H]1OC(=O)c1ccccc1)[C@@H](C)C1=C(C)C(=O)OC(C)(C)O1. The molecule has 2 N–H and O–H groups in total. The van der Waals surface area contributed by atoms with Crippen LogP contribution in [0.5, 0.6) is 0 Å². The maximum absolute atomic E-state index is 13.9. The van der Waals surface area contributed by atoms with E-state index in [1.165, 1.54) is 4.90 Å².